The fraction of sp³-hybridized carbons (Fsp3) is 0.636. The largest absolute Gasteiger partial charge is 0.459 e. The highest BCUT2D eigenvalue weighted by molar-refractivity contribution is 5.69. The van der Waals surface area contributed by atoms with E-state index in [4.69, 9.17) is 4.74 Å². The molecule has 4 nitrogen and oxygen atoms in total. The van der Waals surface area contributed by atoms with Gasteiger partial charge in [0.05, 0.1) is 0 Å². The summed E-state index contributed by atoms with van der Waals surface area (Å²) >= 11 is 0. The molecular weight excluding hydrogens is 249 g/mol. The van der Waals surface area contributed by atoms with Crippen molar-refractivity contribution in [2.75, 3.05) is 0 Å². The lowest BCUT2D eigenvalue weighted by molar-refractivity contribution is -0.156. The van der Waals surface area contributed by atoms with E-state index in [2.05, 4.69) is 5.10 Å². The number of alkyl halides is 3. The van der Waals surface area contributed by atoms with E-state index in [0.717, 1.165) is 10.7 Å². The number of hydrogen-bond acceptors (Lipinski definition) is 3. The van der Waals surface area contributed by atoms with E-state index < -0.39 is 23.4 Å². The lowest BCUT2D eigenvalue weighted by atomic mass is 10.2. The number of carbonyl (C=O) groups excluding carboxylic acids is 1. The highest BCUT2D eigenvalue weighted by atomic mass is 19.4. The molecule has 0 saturated carbocycles. The van der Waals surface area contributed by atoms with Gasteiger partial charge in [-0.2, -0.15) is 18.3 Å². The number of esters is 1. The third kappa shape index (κ3) is 4.05. The molecule has 102 valence electrons. The maximum atomic E-state index is 12.4. The molecule has 0 spiro atoms. The van der Waals surface area contributed by atoms with Crippen LogP contribution in [0.15, 0.2) is 6.07 Å². The van der Waals surface area contributed by atoms with Gasteiger partial charge in [-0.3, -0.25) is 9.48 Å². The lowest BCUT2D eigenvalue weighted by Gasteiger charge is -2.19. The van der Waals surface area contributed by atoms with E-state index in [1.807, 2.05) is 0 Å². The molecule has 0 radical (unpaired) electrons. The van der Waals surface area contributed by atoms with Gasteiger partial charge in [0, 0.05) is 5.69 Å². The van der Waals surface area contributed by atoms with Crippen LogP contribution >= 0.6 is 0 Å². The molecule has 1 aromatic rings. The Kier molecular flexibility index (Phi) is 3.73. The molecule has 7 heteroatoms. The molecule has 0 atom stereocenters. The number of hydrogen-bond donors (Lipinski definition) is 0. The SMILES string of the molecule is Cc1cc(C(F)(F)F)nn1CC(=O)OC(C)(C)C. The van der Waals surface area contributed by atoms with Crippen LogP contribution in [0.3, 0.4) is 0 Å². The van der Waals surface area contributed by atoms with Crippen molar-refractivity contribution in [1.82, 2.24) is 9.78 Å². The Hall–Kier alpha value is -1.53. The van der Waals surface area contributed by atoms with Crippen LogP contribution in [0, 0.1) is 6.92 Å². The molecule has 0 aliphatic carbocycles. The summed E-state index contributed by atoms with van der Waals surface area (Å²) in [6.45, 7) is 6.16. The highest BCUT2D eigenvalue weighted by Gasteiger charge is 2.34. The van der Waals surface area contributed by atoms with Gasteiger partial charge in [-0.25, -0.2) is 0 Å². The van der Waals surface area contributed by atoms with Gasteiger partial charge in [0.2, 0.25) is 0 Å². The smallest absolute Gasteiger partial charge is 0.435 e. The van der Waals surface area contributed by atoms with Crippen LogP contribution in [0.5, 0.6) is 0 Å². The molecule has 0 aliphatic heterocycles. The molecule has 0 saturated heterocycles. The fourth-order valence-electron chi connectivity index (χ4n) is 1.30. The van der Waals surface area contributed by atoms with Crippen molar-refractivity contribution in [3.05, 3.63) is 17.5 Å². The Labute approximate surface area is 103 Å². The average Bonchev–Trinajstić information content (AvgIpc) is 2.43. The summed E-state index contributed by atoms with van der Waals surface area (Å²) in [5.41, 5.74) is -1.43. The summed E-state index contributed by atoms with van der Waals surface area (Å²) in [4.78, 5) is 11.5. The third-order valence-corrected chi connectivity index (χ3v) is 1.97. The molecule has 0 aromatic carbocycles. The Morgan fingerprint density at radius 3 is 2.33 bits per heavy atom. The van der Waals surface area contributed by atoms with E-state index in [1.54, 1.807) is 20.8 Å². The molecule has 1 rings (SSSR count). The van der Waals surface area contributed by atoms with E-state index in [0.29, 0.717) is 0 Å². The van der Waals surface area contributed by atoms with Crippen molar-refractivity contribution in [3.63, 3.8) is 0 Å². The van der Waals surface area contributed by atoms with Crippen molar-refractivity contribution >= 4 is 5.97 Å². The molecule has 0 unspecified atom stereocenters. The quantitative estimate of drug-likeness (QED) is 0.771. The van der Waals surface area contributed by atoms with Crippen molar-refractivity contribution < 1.29 is 22.7 Å². The zero-order chi connectivity index (χ0) is 14.1. The zero-order valence-electron chi connectivity index (χ0n) is 10.6. The first-order valence-electron chi connectivity index (χ1n) is 5.32. The number of nitrogens with zero attached hydrogens (tertiary/aromatic N) is 2. The van der Waals surface area contributed by atoms with Gasteiger partial charge in [-0.05, 0) is 33.8 Å². The van der Waals surface area contributed by atoms with Crippen LogP contribution in [-0.2, 0) is 22.3 Å². The van der Waals surface area contributed by atoms with E-state index in [1.165, 1.54) is 6.92 Å². The third-order valence-electron chi connectivity index (χ3n) is 1.97. The number of rotatable bonds is 2. The Morgan fingerprint density at radius 1 is 1.39 bits per heavy atom. The summed E-state index contributed by atoms with van der Waals surface area (Å²) in [6, 6.07) is 0.893. The maximum absolute atomic E-state index is 12.4. The number of aryl methyl sites for hydroxylation is 1. The molecule has 0 N–H and O–H groups in total. The van der Waals surface area contributed by atoms with Crippen molar-refractivity contribution in [2.45, 2.75) is 46.0 Å². The molecule has 1 aromatic heterocycles. The average molecular weight is 264 g/mol. The number of carbonyl (C=O) groups is 1. The van der Waals surface area contributed by atoms with Gasteiger partial charge in [0.15, 0.2) is 5.69 Å². The second-order valence-electron chi connectivity index (χ2n) is 4.91. The summed E-state index contributed by atoms with van der Waals surface area (Å²) in [7, 11) is 0. The van der Waals surface area contributed by atoms with Gasteiger partial charge < -0.3 is 4.74 Å². The lowest BCUT2D eigenvalue weighted by Crippen LogP contribution is -2.27. The Morgan fingerprint density at radius 2 is 1.94 bits per heavy atom. The van der Waals surface area contributed by atoms with Crippen LogP contribution in [0.1, 0.15) is 32.2 Å². The minimum Gasteiger partial charge on any atom is -0.459 e. The fourth-order valence-corrected chi connectivity index (χ4v) is 1.30. The Balaban J connectivity index is 2.80. The second kappa shape index (κ2) is 4.62. The van der Waals surface area contributed by atoms with Gasteiger partial charge in [-0.15, -0.1) is 0 Å². The summed E-state index contributed by atoms with van der Waals surface area (Å²) in [5.74, 6) is -0.623. The van der Waals surface area contributed by atoms with E-state index in [9.17, 15) is 18.0 Å². The van der Waals surface area contributed by atoms with Crippen molar-refractivity contribution in [1.29, 1.82) is 0 Å². The van der Waals surface area contributed by atoms with Gasteiger partial charge in [-0.1, -0.05) is 0 Å². The molecular formula is C11H15F3N2O2. The molecule has 18 heavy (non-hydrogen) atoms. The monoisotopic (exact) mass is 264 g/mol. The minimum absolute atomic E-state index is 0.258. The predicted molar refractivity (Wildman–Crippen MR) is 57.8 cm³/mol. The van der Waals surface area contributed by atoms with Crippen molar-refractivity contribution in [3.8, 4) is 0 Å². The first-order valence-corrected chi connectivity index (χ1v) is 5.32. The van der Waals surface area contributed by atoms with Crippen LogP contribution in [0.25, 0.3) is 0 Å². The summed E-state index contributed by atoms with van der Waals surface area (Å²) in [5, 5.41) is 3.34. The number of aromatic nitrogens is 2. The minimum atomic E-state index is -4.51. The summed E-state index contributed by atoms with van der Waals surface area (Å²) < 4.78 is 43.2. The van der Waals surface area contributed by atoms with Crippen LogP contribution in [0.2, 0.25) is 0 Å². The zero-order valence-corrected chi connectivity index (χ0v) is 10.6. The molecule has 1 heterocycles. The standard InChI is InChI=1S/C11H15F3N2O2/c1-7-5-8(11(12,13)14)15-16(7)6-9(17)18-10(2,3)4/h5H,6H2,1-4H3. The second-order valence-corrected chi connectivity index (χ2v) is 4.91. The van der Waals surface area contributed by atoms with Gasteiger partial charge in [0.25, 0.3) is 0 Å². The molecule has 0 aliphatic rings. The van der Waals surface area contributed by atoms with Crippen LogP contribution in [0.4, 0.5) is 13.2 Å². The number of halogens is 3. The molecule has 0 bridgehead atoms. The van der Waals surface area contributed by atoms with Crippen LogP contribution in [-0.4, -0.2) is 21.4 Å². The van der Waals surface area contributed by atoms with Crippen molar-refractivity contribution in [2.24, 2.45) is 0 Å². The van der Waals surface area contributed by atoms with Gasteiger partial charge in [0.1, 0.15) is 12.1 Å². The van der Waals surface area contributed by atoms with Gasteiger partial charge >= 0.3 is 12.1 Å². The first-order chi connectivity index (χ1) is 7.99. The predicted octanol–water partition coefficient (Wildman–Crippen LogP) is 2.55. The molecule has 0 amide bonds. The topological polar surface area (TPSA) is 44.1 Å². The summed E-state index contributed by atoms with van der Waals surface area (Å²) in [6.07, 6.45) is -4.51. The highest BCUT2D eigenvalue weighted by Crippen LogP contribution is 2.28. The van der Waals surface area contributed by atoms with E-state index >= 15 is 0 Å². The normalized spacial score (nSPS) is 12.6. The van der Waals surface area contributed by atoms with Crippen LogP contribution < -0.4 is 0 Å². The van der Waals surface area contributed by atoms with E-state index in [-0.39, 0.29) is 12.2 Å². The molecule has 0 fully saturated rings. The Bertz CT molecular complexity index is 444. The first kappa shape index (κ1) is 14.5. The number of ether oxygens (including phenoxy) is 1. The maximum Gasteiger partial charge on any atom is 0.435 e.